The third kappa shape index (κ3) is 4.37. The Balaban J connectivity index is 1.68. The summed E-state index contributed by atoms with van der Waals surface area (Å²) in [4.78, 5) is 23.9. The zero-order valence-electron chi connectivity index (χ0n) is 14.9. The second kappa shape index (κ2) is 8.10. The molecular weight excluding hydrogens is 356 g/mol. The molecule has 1 atom stereocenters. The number of hydrogen-bond donors (Lipinski definition) is 2. The van der Waals surface area contributed by atoms with E-state index in [-0.39, 0.29) is 5.91 Å². The number of ether oxygens (including phenoxy) is 1. The summed E-state index contributed by atoms with van der Waals surface area (Å²) in [6.45, 7) is 6.11. The van der Waals surface area contributed by atoms with Crippen molar-refractivity contribution in [2.24, 2.45) is 5.92 Å². The van der Waals surface area contributed by atoms with Crippen LogP contribution in [0.1, 0.15) is 25.3 Å². The minimum absolute atomic E-state index is 0.189. The van der Waals surface area contributed by atoms with Crippen LogP contribution in [0.3, 0.4) is 0 Å². The molecule has 140 valence electrons. The second-order valence-corrected chi connectivity index (χ2v) is 7.13. The van der Waals surface area contributed by atoms with Gasteiger partial charge < -0.3 is 19.8 Å². The monoisotopic (exact) mass is 378 g/mol. The van der Waals surface area contributed by atoms with Crippen molar-refractivity contribution in [2.75, 3.05) is 19.6 Å². The summed E-state index contributed by atoms with van der Waals surface area (Å²) in [6.07, 6.45) is 1.41. The molecule has 1 aromatic heterocycles. The van der Waals surface area contributed by atoms with Gasteiger partial charge in [0.05, 0.1) is 5.02 Å². The third-order valence-electron chi connectivity index (χ3n) is 4.70. The van der Waals surface area contributed by atoms with E-state index in [0.717, 1.165) is 36.9 Å². The lowest BCUT2D eigenvalue weighted by Crippen LogP contribution is -2.41. The number of rotatable bonds is 5. The van der Waals surface area contributed by atoms with Gasteiger partial charge in [0, 0.05) is 24.1 Å². The van der Waals surface area contributed by atoms with Gasteiger partial charge in [-0.3, -0.25) is 4.79 Å². The Morgan fingerprint density at radius 1 is 1.38 bits per heavy atom. The zero-order chi connectivity index (χ0) is 18.7. The largest absolute Gasteiger partial charge is 0.479 e. The fourth-order valence-corrected chi connectivity index (χ4v) is 3.34. The number of piperidine rings is 1. The first-order chi connectivity index (χ1) is 12.4. The first-order valence-corrected chi connectivity index (χ1v) is 9.21. The minimum atomic E-state index is -0.705. The fourth-order valence-electron chi connectivity index (χ4n) is 3.13. The van der Waals surface area contributed by atoms with Crippen LogP contribution >= 0.6 is 11.6 Å². The van der Waals surface area contributed by atoms with Gasteiger partial charge in [0.1, 0.15) is 11.3 Å². The summed E-state index contributed by atoms with van der Waals surface area (Å²) >= 11 is 6.28. The lowest BCUT2D eigenvalue weighted by Gasteiger charge is -2.23. The van der Waals surface area contributed by atoms with E-state index in [1.165, 1.54) is 6.07 Å². The summed E-state index contributed by atoms with van der Waals surface area (Å²) in [6, 6.07) is 4.66. The van der Waals surface area contributed by atoms with Crippen LogP contribution in [-0.2, 0) is 4.79 Å². The molecule has 7 heteroatoms. The highest BCUT2D eigenvalue weighted by Gasteiger charge is 2.20. The molecule has 26 heavy (non-hydrogen) atoms. The van der Waals surface area contributed by atoms with E-state index < -0.39 is 11.7 Å². The SMILES string of the molecule is Cc1cc(=O)oc2cc(OC(C)C(=O)NCC3CCNCC3)c(Cl)cc12. The number of amides is 1. The van der Waals surface area contributed by atoms with E-state index >= 15 is 0 Å². The van der Waals surface area contributed by atoms with Crippen molar-refractivity contribution < 1.29 is 13.9 Å². The number of benzene rings is 1. The van der Waals surface area contributed by atoms with E-state index in [1.807, 2.05) is 6.92 Å². The normalized spacial score (nSPS) is 16.4. The van der Waals surface area contributed by atoms with Crippen LogP contribution in [0.2, 0.25) is 5.02 Å². The number of halogens is 1. The van der Waals surface area contributed by atoms with Crippen molar-refractivity contribution in [3.05, 3.63) is 39.2 Å². The van der Waals surface area contributed by atoms with Gasteiger partial charge in [-0.1, -0.05) is 11.6 Å². The van der Waals surface area contributed by atoms with Gasteiger partial charge >= 0.3 is 5.63 Å². The molecule has 1 aromatic carbocycles. The standard InChI is InChI=1S/C19H23ClN2O4/c1-11-7-18(23)26-16-9-17(15(20)8-14(11)16)25-12(2)19(24)22-10-13-3-5-21-6-4-13/h7-9,12-13,21H,3-6,10H2,1-2H3,(H,22,24). The summed E-state index contributed by atoms with van der Waals surface area (Å²) in [7, 11) is 0. The van der Waals surface area contributed by atoms with E-state index in [4.69, 9.17) is 20.8 Å². The van der Waals surface area contributed by atoms with Crippen LogP contribution in [0.25, 0.3) is 11.0 Å². The Hall–Kier alpha value is -2.05. The van der Waals surface area contributed by atoms with E-state index in [1.54, 1.807) is 19.1 Å². The molecule has 1 saturated heterocycles. The van der Waals surface area contributed by atoms with Crippen molar-refractivity contribution in [3.8, 4) is 5.75 Å². The van der Waals surface area contributed by atoms with Gasteiger partial charge in [0.25, 0.3) is 5.91 Å². The van der Waals surface area contributed by atoms with Crippen LogP contribution in [0, 0.1) is 12.8 Å². The second-order valence-electron chi connectivity index (χ2n) is 6.73. The number of nitrogens with one attached hydrogen (secondary N) is 2. The molecule has 1 aliphatic rings. The van der Waals surface area contributed by atoms with Crippen LogP contribution in [0.5, 0.6) is 5.75 Å². The summed E-state index contributed by atoms with van der Waals surface area (Å²) < 4.78 is 10.9. The molecule has 2 N–H and O–H groups in total. The Labute approximate surface area is 156 Å². The Kier molecular flexibility index (Phi) is 5.84. The molecule has 1 unspecified atom stereocenters. The van der Waals surface area contributed by atoms with Gasteiger partial charge in [-0.15, -0.1) is 0 Å². The summed E-state index contributed by atoms with van der Waals surface area (Å²) in [5, 5.41) is 7.35. The lowest BCUT2D eigenvalue weighted by atomic mass is 9.98. The molecule has 1 amide bonds. The summed E-state index contributed by atoms with van der Waals surface area (Å²) in [5.74, 6) is 0.622. The highest BCUT2D eigenvalue weighted by atomic mass is 35.5. The van der Waals surface area contributed by atoms with Crippen molar-refractivity contribution in [2.45, 2.75) is 32.8 Å². The van der Waals surface area contributed by atoms with E-state index in [9.17, 15) is 9.59 Å². The minimum Gasteiger partial charge on any atom is -0.479 e. The first-order valence-electron chi connectivity index (χ1n) is 8.83. The zero-order valence-corrected chi connectivity index (χ0v) is 15.7. The van der Waals surface area contributed by atoms with Gasteiger partial charge in [-0.25, -0.2) is 4.79 Å². The molecule has 0 spiro atoms. The Bertz CT molecular complexity index is 858. The Morgan fingerprint density at radius 2 is 2.12 bits per heavy atom. The molecule has 1 aliphatic heterocycles. The molecule has 2 heterocycles. The number of aryl methyl sites for hydroxylation is 1. The smallest absolute Gasteiger partial charge is 0.336 e. The van der Waals surface area contributed by atoms with Crippen LogP contribution in [0.4, 0.5) is 0 Å². The molecule has 2 aromatic rings. The van der Waals surface area contributed by atoms with E-state index in [0.29, 0.717) is 28.8 Å². The molecule has 3 rings (SSSR count). The number of hydrogen-bond acceptors (Lipinski definition) is 5. The predicted octanol–water partition coefficient (Wildman–Crippen LogP) is 2.64. The number of carbonyl (C=O) groups is 1. The topological polar surface area (TPSA) is 80.6 Å². The van der Waals surface area contributed by atoms with Crippen LogP contribution in [0.15, 0.2) is 27.4 Å². The average molecular weight is 379 g/mol. The molecule has 0 bridgehead atoms. The average Bonchev–Trinajstić information content (AvgIpc) is 2.62. The Morgan fingerprint density at radius 3 is 2.85 bits per heavy atom. The van der Waals surface area contributed by atoms with Gasteiger partial charge in [0.2, 0.25) is 0 Å². The third-order valence-corrected chi connectivity index (χ3v) is 5.00. The molecular formula is C19H23ClN2O4. The maximum Gasteiger partial charge on any atom is 0.336 e. The maximum atomic E-state index is 12.3. The molecule has 0 radical (unpaired) electrons. The fraction of sp³-hybridized carbons (Fsp3) is 0.474. The van der Waals surface area contributed by atoms with Crippen LogP contribution in [-0.4, -0.2) is 31.6 Å². The van der Waals surface area contributed by atoms with Gasteiger partial charge in [-0.2, -0.15) is 0 Å². The highest BCUT2D eigenvalue weighted by Crippen LogP contribution is 2.31. The van der Waals surface area contributed by atoms with Crippen molar-refractivity contribution >= 4 is 28.5 Å². The van der Waals surface area contributed by atoms with Gasteiger partial charge in [0.15, 0.2) is 6.10 Å². The van der Waals surface area contributed by atoms with E-state index in [2.05, 4.69) is 10.6 Å². The summed E-state index contributed by atoms with van der Waals surface area (Å²) in [5.41, 5.74) is 0.727. The molecule has 0 aliphatic carbocycles. The number of fused-ring (bicyclic) bond motifs is 1. The quantitative estimate of drug-likeness (QED) is 0.782. The molecule has 6 nitrogen and oxygen atoms in total. The van der Waals surface area contributed by atoms with Crippen LogP contribution < -0.4 is 21.0 Å². The van der Waals surface area contributed by atoms with Crippen molar-refractivity contribution in [3.63, 3.8) is 0 Å². The highest BCUT2D eigenvalue weighted by molar-refractivity contribution is 6.32. The van der Waals surface area contributed by atoms with Crippen molar-refractivity contribution in [1.82, 2.24) is 10.6 Å². The maximum absolute atomic E-state index is 12.3. The number of carbonyl (C=O) groups excluding carboxylic acids is 1. The van der Waals surface area contributed by atoms with Gasteiger partial charge in [-0.05, 0) is 57.3 Å². The van der Waals surface area contributed by atoms with Crippen molar-refractivity contribution in [1.29, 1.82) is 0 Å². The first kappa shape index (κ1) is 18.7. The molecule has 1 fully saturated rings. The molecule has 0 saturated carbocycles. The lowest BCUT2D eigenvalue weighted by molar-refractivity contribution is -0.127. The predicted molar refractivity (Wildman–Crippen MR) is 101 cm³/mol.